The first-order valence-corrected chi connectivity index (χ1v) is 10.6. The molecule has 0 radical (unpaired) electrons. The van der Waals surface area contributed by atoms with Crippen molar-refractivity contribution in [2.24, 2.45) is 5.10 Å². The summed E-state index contributed by atoms with van der Waals surface area (Å²) in [5.74, 6) is -1.84. The van der Waals surface area contributed by atoms with Gasteiger partial charge >= 0.3 is 12.1 Å². The van der Waals surface area contributed by atoms with Crippen LogP contribution in [0, 0.1) is 0 Å². The molecule has 0 aliphatic carbocycles. The number of halogens is 3. The highest BCUT2D eigenvalue weighted by Crippen LogP contribution is 2.32. The van der Waals surface area contributed by atoms with E-state index < -0.39 is 35.8 Å². The highest BCUT2D eigenvalue weighted by atomic mass is 19.4. The van der Waals surface area contributed by atoms with Crippen molar-refractivity contribution in [2.45, 2.75) is 6.18 Å². The lowest BCUT2D eigenvalue weighted by molar-refractivity contribution is -0.137. The number of esters is 1. The number of carbonyl (C=O) groups excluding carboxylic acids is 2. The molecule has 1 N–H and O–H groups in total. The Morgan fingerprint density at radius 3 is 2.42 bits per heavy atom. The molecule has 0 saturated carbocycles. The standard InChI is InChI=1S/C26H18F3N3O4/c27-26(28,29)18-9-6-10-19(13-18)32(30-15-17-7-2-1-3-8-17)24(34)16-36-25(35)21-14-23(33)31-22-12-5-4-11-20(21)22/h1-15H,16H2,(H,31,33). The Kier molecular flexibility index (Phi) is 6.95. The molecule has 1 amide bonds. The van der Waals surface area contributed by atoms with E-state index in [0.29, 0.717) is 16.5 Å². The zero-order valence-electron chi connectivity index (χ0n) is 18.5. The normalized spacial score (nSPS) is 11.5. The van der Waals surface area contributed by atoms with Gasteiger partial charge in [0.2, 0.25) is 5.56 Å². The minimum atomic E-state index is -4.64. The number of rotatable bonds is 6. The van der Waals surface area contributed by atoms with Crippen LogP contribution in [0.15, 0.2) is 94.8 Å². The number of hydrogen-bond donors (Lipinski definition) is 1. The van der Waals surface area contributed by atoms with Gasteiger partial charge in [0.25, 0.3) is 5.91 Å². The summed E-state index contributed by atoms with van der Waals surface area (Å²) in [4.78, 5) is 40.2. The number of benzene rings is 3. The second-order valence-corrected chi connectivity index (χ2v) is 7.58. The number of carbonyl (C=O) groups is 2. The van der Waals surface area contributed by atoms with Crippen molar-refractivity contribution in [2.75, 3.05) is 11.6 Å². The molecule has 0 fully saturated rings. The first kappa shape index (κ1) is 24.4. The van der Waals surface area contributed by atoms with Crippen LogP contribution in [0.25, 0.3) is 10.9 Å². The zero-order valence-corrected chi connectivity index (χ0v) is 18.5. The fourth-order valence-electron chi connectivity index (χ4n) is 3.39. The van der Waals surface area contributed by atoms with Gasteiger partial charge in [0.15, 0.2) is 6.61 Å². The van der Waals surface area contributed by atoms with Crippen LogP contribution >= 0.6 is 0 Å². The summed E-state index contributed by atoms with van der Waals surface area (Å²) in [5.41, 5.74) is -0.736. The number of H-pyrrole nitrogens is 1. The summed E-state index contributed by atoms with van der Waals surface area (Å²) in [7, 11) is 0. The van der Waals surface area contributed by atoms with Gasteiger partial charge in [0.1, 0.15) is 0 Å². The van der Waals surface area contributed by atoms with Crippen molar-refractivity contribution in [3.8, 4) is 0 Å². The minimum Gasteiger partial charge on any atom is -0.452 e. The van der Waals surface area contributed by atoms with E-state index >= 15 is 0 Å². The maximum Gasteiger partial charge on any atom is 0.416 e. The first-order valence-electron chi connectivity index (χ1n) is 10.6. The first-order chi connectivity index (χ1) is 17.2. The summed E-state index contributed by atoms with van der Waals surface area (Å²) < 4.78 is 44.9. The number of pyridine rings is 1. The van der Waals surface area contributed by atoms with Gasteiger partial charge in [-0.15, -0.1) is 0 Å². The fourth-order valence-corrected chi connectivity index (χ4v) is 3.39. The van der Waals surface area contributed by atoms with Crippen molar-refractivity contribution in [3.63, 3.8) is 0 Å². The van der Waals surface area contributed by atoms with E-state index in [2.05, 4.69) is 10.1 Å². The number of hydrazone groups is 1. The predicted molar refractivity (Wildman–Crippen MR) is 128 cm³/mol. The average Bonchev–Trinajstić information content (AvgIpc) is 2.87. The smallest absolute Gasteiger partial charge is 0.416 e. The maximum atomic E-state index is 13.2. The number of anilines is 1. The van der Waals surface area contributed by atoms with Gasteiger partial charge in [0, 0.05) is 17.0 Å². The summed E-state index contributed by atoms with van der Waals surface area (Å²) in [6.45, 7) is -0.831. The monoisotopic (exact) mass is 493 g/mol. The topological polar surface area (TPSA) is 91.8 Å². The number of ether oxygens (including phenoxy) is 1. The highest BCUT2D eigenvalue weighted by Gasteiger charge is 2.31. The van der Waals surface area contributed by atoms with E-state index in [1.165, 1.54) is 12.3 Å². The molecule has 0 spiro atoms. The van der Waals surface area contributed by atoms with Gasteiger partial charge in [-0.1, -0.05) is 54.6 Å². The van der Waals surface area contributed by atoms with Crippen LogP contribution in [0.2, 0.25) is 0 Å². The number of nitrogens with one attached hydrogen (secondary N) is 1. The number of fused-ring (bicyclic) bond motifs is 1. The van der Waals surface area contributed by atoms with Gasteiger partial charge in [0.05, 0.1) is 23.0 Å². The van der Waals surface area contributed by atoms with Crippen molar-refractivity contribution in [3.05, 3.63) is 112 Å². The lowest BCUT2D eigenvalue weighted by Gasteiger charge is -2.18. The molecule has 4 rings (SSSR count). The number of aromatic nitrogens is 1. The van der Waals surface area contributed by atoms with E-state index in [4.69, 9.17) is 4.74 Å². The van der Waals surface area contributed by atoms with Gasteiger partial charge in [-0.25, -0.2) is 4.79 Å². The highest BCUT2D eigenvalue weighted by molar-refractivity contribution is 6.04. The van der Waals surface area contributed by atoms with Crippen molar-refractivity contribution >= 4 is 34.7 Å². The SMILES string of the molecule is O=C(OCC(=O)N(N=Cc1ccccc1)c1cccc(C(F)(F)F)c1)c1cc(=O)[nH]c2ccccc12. The maximum absolute atomic E-state index is 13.2. The predicted octanol–water partition coefficient (Wildman–Crippen LogP) is 4.77. The van der Waals surface area contributed by atoms with Gasteiger partial charge < -0.3 is 9.72 Å². The Morgan fingerprint density at radius 1 is 0.944 bits per heavy atom. The number of hydrogen-bond acceptors (Lipinski definition) is 5. The minimum absolute atomic E-state index is 0.0550. The lowest BCUT2D eigenvalue weighted by Crippen LogP contribution is -2.31. The Hall–Kier alpha value is -4.73. The van der Waals surface area contributed by atoms with Gasteiger partial charge in [-0.3, -0.25) is 9.59 Å². The molecular formula is C26H18F3N3O4. The molecule has 0 bridgehead atoms. The molecule has 0 atom stereocenters. The number of para-hydroxylation sites is 1. The average molecular weight is 493 g/mol. The summed E-state index contributed by atoms with van der Waals surface area (Å²) >= 11 is 0. The van der Waals surface area contributed by atoms with Crippen molar-refractivity contribution in [1.82, 2.24) is 4.98 Å². The van der Waals surface area contributed by atoms with Crippen LogP contribution in [-0.4, -0.2) is 29.7 Å². The largest absolute Gasteiger partial charge is 0.452 e. The third-order valence-corrected chi connectivity index (χ3v) is 5.07. The molecule has 7 nitrogen and oxygen atoms in total. The van der Waals surface area contributed by atoms with Gasteiger partial charge in [-0.2, -0.15) is 23.3 Å². The third kappa shape index (κ3) is 5.66. The molecule has 10 heteroatoms. The van der Waals surface area contributed by atoms with Crippen molar-refractivity contribution < 1.29 is 27.5 Å². The molecule has 182 valence electrons. The van der Waals surface area contributed by atoms with Crippen LogP contribution in [0.4, 0.5) is 18.9 Å². The molecule has 0 aliphatic rings. The van der Waals surface area contributed by atoms with E-state index in [-0.39, 0.29) is 11.3 Å². The summed E-state index contributed by atoms with van der Waals surface area (Å²) in [6, 6.07) is 20.3. The Labute approximate surface area is 202 Å². The molecule has 36 heavy (non-hydrogen) atoms. The van der Waals surface area contributed by atoms with E-state index in [1.54, 1.807) is 54.6 Å². The second kappa shape index (κ2) is 10.3. The molecule has 3 aromatic carbocycles. The number of aromatic amines is 1. The molecule has 1 heterocycles. The number of alkyl halides is 3. The van der Waals surface area contributed by atoms with E-state index in [9.17, 15) is 27.6 Å². The molecular weight excluding hydrogens is 475 g/mol. The lowest BCUT2D eigenvalue weighted by atomic mass is 10.1. The Balaban J connectivity index is 1.61. The molecule has 0 saturated heterocycles. The molecule has 0 aliphatic heterocycles. The Bertz CT molecular complexity index is 1500. The number of nitrogens with zero attached hydrogens (tertiary/aromatic N) is 2. The van der Waals surface area contributed by atoms with Crippen LogP contribution in [-0.2, 0) is 15.7 Å². The summed E-state index contributed by atoms with van der Waals surface area (Å²) in [5, 5.41) is 5.18. The number of amides is 1. The third-order valence-electron chi connectivity index (χ3n) is 5.07. The van der Waals surface area contributed by atoms with Crippen LogP contribution in [0.5, 0.6) is 0 Å². The molecule has 1 aromatic heterocycles. The van der Waals surface area contributed by atoms with Crippen LogP contribution in [0.1, 0.15) is 21.5 Å². The quantitative estimate of drug-likeness (QED) is 0.238. The van der Waals surface area contributed by atoms with Crippen LogP contribution < -0.4 is 10.6 Å². The van der Waals surface area contributed by atoms with Crippen molar-refractivity contribution in [1.29, 1.82) is 0 Å². The Morgan fingerprint density at radius 2 is 1.67 bits per heavy atom. The molecule has 4 aromatic rings. The van der Waals surface area contributed by atoms with E-state index in [1.807, 2.05) is 0 Å². The second-order valence-electron chi connectivity index (χ2n) is 7.58. The van der Waals surface area contributed by atoms with Gasteiger partial charge in [-0.05, 0) is 29.8 Å². The molecule has 0 unspecified atom stereocenters. The van der Waals surface area contributed by atoms with E-state index in [0.717, 1.165) is 29.3 Å². The van der Waals surface area contributed by atoms with Crippen LogP contribution in [0.3, 0.4) is 0 Å². The summed E-state index contributed by atoms with van der Waals surface area (Å²) in [6.07, 6.45) is -3.34. The fraction of sp³-hybridized carbons (Fsp3) is 0.0769. The zero-order chi connectivity index (χ0) is 25.7.